The molecule has 1 fully saturated rings. The van der Waals surface area contributed by atoms with Gasteiger partial charge in [-0.1, -0.05) is 53.7 Å². The average molecular weight is 390 g/mol. The van der Waals surface area contributed by atoms with Crippen LogP contribution >= 0.6 is 0 Å². The number of piperidine rings is 1. The summed E-state index contributed by atoms with van der Waals surface area (Å²) < 4.78 is 11.4. The lowest BCUT2D eigenvalue weighted by molar-refractivity contribution is 0.0598. The van der Waals surface area contributed by atoms with Crippen LogP contribution in [0.3, 0.4) is 0 Å². The molecular weight excluding hydrogens is 364 g/mol. The normalized spacial score (nSPS) is 16.6. The number of carbonyl (C=O) groups is 1. The molecule has 5 heteroatoms. The molecule has 0 bridgehead atoms. The van der Waals surface area contributed by atoms with Crippen molar-refractivity contribution < 1.29 is 14.1 Å². The van der Waals surface area contributed by atoms with Gasteiger partial charge in [-0.3, -0.25) is 4.79 Å². The van der Waals surface area contributed by atoms with Crippen LogP contribution in [-0.2, 0) is 6.61 Å². The van der Waals surface area contributed by atoms with Gasteiger partial charge >= 0.3 is 0 Å². The fourth-order valence-electron chi connectivity index (χ4n) is 3.93. The Morgan fingerprint density at radius 3 is 2.66 bits per heavy atom. The first-order valence-electron chi connectivity index (χ1n) is 10.1. The molecule has 0 radical (unpaired) electrons. The van der Waals surface area contributed by atoms with E-state index < -0.39 is 0 Å². The molecule has 1 aliphatic rings. The summed E-state index contributed by atoms with van der Waals surface area (Å²) in [5.41, 5.74) is 3.29. The number of hydrogen-bond acceptors (Lipinski definition) is 4. The van der Waals surface area contributed by atoms with Crippen LogP contribution in [0.4, 0.5) is 0 Å². The van der Waals surface area contributed by atoms with E-state index in [0.29, 0.717) is 11.5 Å². The number of para-hydroxylation sites is 1. The van der Waals surface area contributed by atoms with Gasteiger partial charge in [-0.15, -0.1) is 0 Å². The highest BCUT2D eigenvalue weighted by molar-refractivity contribution is 5.94. The zero-order valence-electron chi connectivity index (χ0n) is 16.9. The Bertz CT molecular complexity index is 981. The minimum absolute atomic E-state index is 0.0691. The van der Waals surface area contributed by atoms with Crippen LogP contribution in [0.1, 0.15) is 58.2 Å². The number of nitrogens with zero attached hydrogens (tertiary/aromatic N) is 2. The van der Waals surface area contributed by atoms with Crippen LogP contribution in [0, 0.1) is 13.8 Å². The van der Waals surface area contributed by atoms with Crippen molar-refractivity contribution in [2.24, 2.45) is 0 Å². The van der Waals surface area contributed by atoms with Crippen molar-refractivity contribution >= 4 is 5.91 Å². The molecular formula is C24H26N2O3. The molecule has 2 aromatic carbocycles. The number of aryl methyl sites for hydroxylation is 2. The molecule has 0 aliphatic carbocycles. The third-order valence-electron chi connectivity index (χ3n) is 5.60. The van der Waals surface area contributed by atoms with E-state index in [1.807, 2.05) is 61.2 Å². The van der Waals surface area contributed by atoms with Crippen molar-refractivity contribution in [3.63, 3.8) is 0 Å². The number of hydrogen-bond donors (Lipinski definition) is 0. The molecule has 4 rings (SSSR count). The van der Waals surface area contributed by atoms with E-state index >= 15 is 0 Å². The summed E-state index contributed by atoms with van der Waals surface area (Å²) in [4.78, 5) is 15.4. The van der Waals surface area contributed by atoms with E-state index in [0.717, 1.165) is 42.7 Å². The Balaban J connectivity index is 1.58. The monoisotopic (exact) mass is 390 g/mol. The number of ether oxygens (including phenoxy) is 1. The zero-order chi connectivity index (χ0) is 20.2. The molecule has 5 nitrogen and oxygen atoms in total. The maximum atomic E-state index is 13.4. The molecule has 1 unspecified atom stereocenters. The van der Waals surface area contributed by atoms with Gasteiger partial charge in [0.25, 0.3) is 5.91 Å². The van der Waals surface area contributed by atoms with Crippen molar-refractivity contribution in [2.45, 2.75) is 45.8 Å². The fourth-order valence-corrected chi connectivity index (χ4v) is 3.93. The molecule has 1 saturated heterocycles. The van der Waals surface area contributed by atoms with E-state index in [-0.39, 0.29) is 18.6 Å². The van der Waals surface area contributed by atoms with E-state index in [2.05, 4.69) is 17.3 Å². The van der Waals surface area contributed by atoms with Crippen molar-refractivity contribution in [2.75, 3.05) is 6.54 Å². The van der Waals surface area contributed by atoms with E-state index in [9.17, 15) is 4.79 Å². The number of benzene rings is 2. The van der Waals surface area contributed by atoms with Crippen LogP contribution in [0.25, 0.3) is 0 Å². The highest BCUT2D eigenvalue weighted by atomic mass is 16.5. The van der Waals surface area contributed by atoms with Crippen molar-refractivity contribution in [3.8, 4) is 5.75 Å². The van der Waals surface area contributed by atoms with Crippen LogP contribution < -0.4 is 4.74 Å². The third-order valence-corrected chi connectivity index (χ3v) is 5.60. The molecule has 3 aromatic rings. The molecule has 0 saturated carbocycles. The number of aromatic nitrogens is 1. The average Bonchev–Trinajstić information content (AvgIpc) is 3.13. The summed E-state index contributed by atoms with van der Waals surface area (Å²) in [5.74, 6) is 1.33. The Morgan fingerprint density at radius 2 is 1.86 bits per heavy atom. The molecule has 1 aliphatic heterocycles. The molecule has 29 heavy (non-hydrogen) atoms. The molecule has 1 amide bonds. The lowest BCUT2D eigenvalue weighted by atomic mass is 9.94. The maximum absolute atomic E-state index is 13.4. The van der Waals surface area contributed by atoms with Crippen LogP contribution in [-0.4, -0.2) is 22.5 Å². The summed E-state index contributed by atoms with van der Waals surface area (Å²) in [6.07, 6.45) is 3.08. The summed E-state index contributed by atoms with van der Waals surface area (Å²) in [7, 11) is 0. The number of likely N-dealkylation sites (tertiary alicyclic amines) is 1. The second-order valence-corrected chi connectivity index (χ2v) is 7.54. The third kappa shape index (κ3) is 4.04. The maximum Gasteiger partial charge on any atom is 0.276 e. The standard InChI is InChI=1S/C24H26N2O3/c1-17-10-6-7-14-22(17)28-16-20-18(2)29-25-23(20)24(27)26-15-9-8-13-21(26)19-11-4-3-5-12-19/h3-7,10-12,14,21H,8-9,13,15-16H2,1-2H3. The first-order valence-corrected chi connectivity index (χ1v) is 10.1. The van der Waals surface area contributed by atoms with Crippen LogP contribution in [0.2, 0.25) is 0 Å². The number of carbonyl (C=O) groups excluding carboxylic acids is 1. The van der Waals surface area contributed by atoms with Gasteiger partial charge in [-0.05, 0) is 50.3 Å². The second-order valence-electron chi connectivity index (χ2n) is 7.54. The quantitative estimate of drug-likeness (QED) is 0.598. The first kappa shape index (κ1) is 19.2. The highest BCUT2D eigenvalue weighted by Crippen LogP contribution is 2.33. The van der Waals surface area contributed by atoms with Crippen molar-refractivity contribution in [1.82, 2.24) is 10.1 Å². The van der Waals surface area contributed by atoms with Crippen molar-refractivity contribution in [1.29, 1.82) is 0 Å². The van der Waals surface area contributed by atoms with E-state index in [1.165, 1.54) is 5.56 Å². The van der Waals surface area contributed by atoms with Crippen LogP contribution in [0.5, 0.6) is 5.75 Å². The Morgan fingerprint density at radius 1 is 1.10 bits per heavy atom. The molecule has 1 atom stereocenters. The predicted molar refractivity (Wildman–Crippen MR) is 111 cm³/mol. The SMILES string of the molecule is Cc1ccccc1OCc1c(C(=O)N2CCCCC2c2ccccc2)noc1C. The van der Waals surface area contributed by atoms with E-state index in [1.54, 1.807) is 0 Å². The summed E-state index contributed by atoms with van der Waals surface area (Å²) in [6, 6.07) is 18.1. The van der Waals surface area contributed by atoms with Gasteiger partial charge in [0.2, 0.25) is 0 Å². The van der Waals surface area contributed by atoms with Gasteiger partial charge in [0.05, 0.1) is 11.6 Å². The van der Waals surface area contributed by atoms with E-state index in [4.69, 9.17) is 9.26 Å². The topological polar surface area (TPSA) is 55.6 Å². The highest BCUT2D eigenvalue weighted by Gasteiger charge is 2.32. The summed E-state index contributed by atoms with van der Waals surface area (Å²) in [5, 5.41) is 4.11. The van der Waals surface area contributed by atoms with Crippen LogP contribution in [0.15, 0.2) is 59.1 Å². The van der Waals surface area contributed by atoms with Gasteiger partial charge < -0.3 is 14.2 Å². The summed E-state index contributed by atoms with van der Waals surface area (Å²) >= 11 is 0. The first-order chi connectivity index (χ1) is 14.1. The Hall–Kier alpha value is -3.08. The summed E-state index contributed by atoms with van der Waals surface area (Å²) in [6.45, 7) is 4.80. The zero-order valence-corrected chi connectivity index (χ0v) is 16.9. The van der Waals surface area contributed by atoms with Gasteiger partial charge in [-0.2, -0.15) is 0 Å². The number of rotatable bonds is 5. The predicted octanol–water partition coefficient (Wildman–Crippen LogP) is 5.24. The Labute approximate surface area is 171 Å². The van der Waals surface area contributed by atoms with Gasteiger partial charge in [0.1, 0.15) is 18.1 Å². The molecule has 0 N–H and O–H groups in total. The van der Waals surface area contributed by atoms with Gasteiger partial charge in [0.15, 0.2) is 5.69 Å². The fraction of sp³-hybridized carbons (Fsp3) is 0.333. The Kier molecular flexibility index (Phi) is 5.65. The minimum Gasteiger partial charge on any atom is -0.488 e. The minimum atomic E-state index is -0.0845. The van der Waals surface area contributed by atoms with Gasteiger partial charge in [-0.25, -0.2) is 0 Å². The largest absolute Gasteiger partial charge is 0.488 e. The lowest BCUT2D eigenvalue weighted by Crippen LogP contribution is -2.39. The second kappa shape index (κ2) is 8.52. The number of amides is 1. The molecule has 0 spiro atoms. The molecule has 1 aromatic heterocycles. The molecule has 150 valence electrons. The molecule has 2 heterocycles. The van der Waals surface area contributed by atoms with Gasteiger partial charge in [0, 0.05) is 6.54 Å². The lowest BCUT2D eigenvalue weighted by Gasteiger charge is -2.35. The smallest absolute Gasteiger partial charge is 0.276 e. The van der Waals surface area contributed by atoms with Crippen molar-refractivity contribution in [3.05, 3.63) is 82.7 Å².